The van der Waals surface area contributed by atoms with Gasteiger partial charge in [-0.25, -0.2) is 23.2 Å². The Kier molecular flexibility index (Phi) is 8.88. The number of ether oxygens (including phenoxy) is 2. The van der Waals surface area contributed by atoms with Gasteiger partial charge in [-0.05, 0) is 30.9 Å². The maximum absolute atomic E-state index is 13.7. The lowest BCUT2D eigenvalue weighted by Gasteiger charge is -2.36. The Hall–Kier alpha value is -3.65. The van der Waals surface area contributed by atoms with Crippen molar-refractivity contribution in [2.24, 2.45) is 5.41 Å². The second kappa shape index (κ2) is 11.9. The van der Waals surface area contributed by atoms with Gasteiger partial charge in [-0.3, -0.25) is 9.29 Å². The van der Waals surface area contributed by atoms with Crippen molar-refractivity contribution in [1.29, 1.82) is 0 Å². The zero-order valence-electron chi connectivity index (χ0n) is 24.6. The number of carbonyl (C=O) groups is 1. The van der Waals surface area contributed by atoms with Gasteiger partial charge in [0.25, 0.3) is 0 Å². The average molecular weight is 622 g/mol. The van der Waals surface area contributed by atoms with E-state index in [0.29, 0.717) is 40.3 Å². The van der Waals surface area contributed by atoms with E-state index in [1.54, 1.807) is 36.6 Å². The van der Waals surface area contributed by atoms with Gasteiger partial charge in [-0.1, -0.05) is 45.4 Å². The van der Waals surface area contributed by atoms with Crippen molar-refractivity contribution in [3.05, 3.63) is 47.3 Å². The number of aromatic nitrogens is 5. The third-order valence-corrected chi connectivity index (χ3v) is 9.70. The third kappa shape index (κ3) is 5.95. The second-order valence-corrected chi connectivity index (χ2v) is 13.8. The number of rotatable bonds is 9. The van der Waals surface area contributed by atoms with Gasteiger partial charge in [0.1, 0.15) is 28.8 Å². The molecule has 1 fully saturated rings. The molecule has 228 valence electrons. The van der Waals surface area contributed by atoms with Gasteiger partial charge < -0.3 is 19.5 Å². The maximum atomic E-state index is 13.7. The van der Waals surface area contributed by atoms with Gasteiger partial charge in [-0.2, -0.15) is 0 Å². The fourth-order valence-electron chi connectivity index (χ4n) is 5.48. The number of methoxy groups -OCH3 is 2. The van der Waals surface area contributed by atoms with Crippen LogP contribution in [-0.2, 0) is 10.0 Å². The molecule has 1 aliphatic heterocycles. The predicted molar refractivity (Wildman–Crippen MR) is 157 cm³/mol. The largest absolute Gasteiger partial charge is 0.494 e. The molecule has 0 spiro atoms. The summed E-state index contributed by atoms with van der Waals surface area (Å²) in [6.07, 6.45) is 2.25. The number of benzene rings is 1. The monoisotopic (exact) mass is 621 g/mol. The van der Waals surface area contributed by atoms with Crippen LogP contribution in [0.3, 0.4) is 0 Å². The SMILES string of the molecule is COc1cccc(OC)c1-n1c(NS(=O)(=O)[C@@H](C)[C@H](C)c2ncc(Cl)cn2)nnc1[C@@H]1CCN(C(=O)O)C1C(C)(C)C. The summed E-state index contributed by atoms with van der Waals surface area (Å²) < 4.78 is 43.0. The van der Waals surface area contributed by atoms with Gasteiger partial charge >= 0.3 is 6.09 Å². The summed E-state index contributed by atoms with van der Waals surface area (Å²) in [5.41, 5.74) is -0.0907. The van der Waals surface area contributed by atoms with Crippen molar-refractivity contribution in [2.45, 2.75) is 64.2 Å². The van der Waals surface area contributed by atoms with Crippen LogP contribution in [0.15, 0.2) is 30.6 Å². The Balaban J connectivity index is 1.86. The van der Waals surface area contributed by atoms with E-state index in [1.807, 2.05) is 20.8 Å². The number of anilines is 1. The first-order valence-corrected chi connectivity index (χ1v) is 15.3. The Morgan fingerprint density at radius 1 is 1.12 bits per heavy atom. The highest BCUT2D eigenvalue weighted by atomic mass is 35.5. The molecule has 13 nitrogen and oxygen atoms in total. The highest BCUT2D eigenvalue weighted by Crippen LogP contribution is 2.45. The lowest BCUT2D eigenvalue weighted by molar-refractivity contribution is 0.100. The van der Waals surface area contributed by atoms with Crippen LogP contribution >= 0.6 is 11.6 Å². The number of hydrogen-bond acceptors (Lipinski definition) is 9. The molecule has 15 heteroatoms. The number of halogens is 1. The minimum atomic E-state index is -4.09. The topological polar surface area (TPSA) is 162 Å². The summed E-state index contributed by atoms with van der Waals surface area (Å²) >= 11 is 5.91. The van der Waals surface area contributed by atoms with E-state index in [0.717, 1.165) is 0 Å². The summed E-state index contributed by atoms with van der Waals surface area (Å²) in [6.45, 7) is 9.42. The number of likely N-dealkylation sites (tertiary alicyclic amines) is 1. The van der Waals surface area contributed by atoms with Crippen LogP contribution in [0.1, 0.15) is 64.5 Å². The van der Waals surface area contributed by atoms with E-state index >= 15 is 0 Å². The molecule has 4 rings (SSSR count). The number of hydrogen-bond donors (Lipinski definition) is 2. The van der Waals surface area contributed by atoms with Crippen LogP contribution < -0.4 is 14.2 Å². The Morgan fingerprint density at radius 3 is 2.24 bits per heavy atom. The summed E-state index contributed by atoms with van der Waals surface area (Å²) in [5.74, 6) is 0.352. The molecule has 1 unspecified atom stereocenters. The zero-order valence-corrected chi connectivity index (χ0v) is 26.1. The van der Waals surface area contributed by atoms with Crippen LogP contribution in [-0.4, -0.2) is 81.3 Å². The molecular weight excluding hydrogens is 586 g/mol. The van der Waals surface area contributed by atoms with Gasteiger partial charge in [0, 0.05) is 36.8 Å². The van der Waals surface area contributed by atoms with Gasteiger partial charge in [-0.15, -0.1) is 10.2 Å². The number of amides is 1. The maximum Gasteiger partial charge on any atom is 0.407 e. The van der Waals surface area contributed by atoms with Crippen LogP contribution in [0, 0.1) is 5.41 Å². The molecule has 3 heterocycles. The average Bonchev–Trinajstić information content (AvgIpc) is 3.56. The summed E-state index contributed by atoms with van der Waals surface area (Å²) in [7, 11) is -1.11. The lowest BCUT2D eigenvalue weighted by atomic mass is 9.79. The van der Waals surface area contributed by atoms with E-state index in [4.69, 9.17) is 21.1 Å². The highest BCUT2D eigenvalue weighted by Gasteiger charge is 2.47. The van der Waals surface area contributed by atoms with Crippen LogP contribution in [0.4, 0.5) is 10.7 Å². The summed E-state index contributed by atoms with van der Waals surface area (Å²) in [4.78, 5) is 22.0. The van der Waals surface area contributed by atoms with E-state index in [1.165, 1.54) is 31.5 Å². The molecule has 2 N–H and O–H groups in total. The molecule has 1 aromatic carbocycles. The number of sulfonamides is 1. The normalized spacial score (nSPS) is 18.9. The first-order chi connectivity index (χ1) is 19.7. The smallest absolute Gasteiger partial charge is 0.407 e. The van der Waals surface area contributed by atoms with Crippen LogP contribution in [0.2, 0.25) is 5.02 Å². The first kappa shape index (κ1) is 31.3. The molecule has 1 aliphatic rings. The molecule has 0 aliphatic carbocycles. The molecular formula is C27H36ClN7O6S. The van der Waals surface area contributed by atoms with E-state index in [2.05, 4.69) is 24.9 Å². The molecule has 1 saturated heterocycles. The van der Waals surface area contributed by atoms with E-state index in [-0.39, 0.29) is 12.5 Å². The Labute approximate surface area is 250 Å². The van der Waals surface area contributed by atoms with Crippen molar-refractivity contribution in [3.63, 3.8) is 0 Å². The van der Waals surface area contributed by atoms with Crippen molar-refractivity contribution in [3.8, 4) is 17.2 Å². The minimum Gasteiger partial charge on any atom is -0.494 e. The number of carboxylic acid groups (broad SMARTS) is 1. The molecule has 4 atom stereocenters. The van der Waals surface area contributed by atoms with Crippen LogP contribution in [0.5, 0.6) is 11.5 Å². The molecule has 3 aromatic rings. The number of para-hydroxylation sites is 1. The first-order valence-electron chi connectivity index (χ1n) is 13.4. The zero-order chi connectivity index (χ0) is 31.0. The van der Waals surface area contributed by atoms with Gasteiger partial charge in [0.15, 0.2) is 0 Å². The summed E-state index contributed by atoms with van der Waals surface area (Å²) in [5, 5.41) is 18.1. The van der Waals surface area contributed by atoms with E-state index < -0.39 is 44.7 Å². The molecule has 2 aromatic heterocycles. The molecule has 0 bridgehead atoms. The third-order valence-electron chi connectivity index (χ3n) is 7.65. The fraction of sp³-hybridized carbons (Fsp3) is 0.519. The van der Waals surface area contributed by atoms with Gasteiger partial charge in [0.05, 0.1) is 24.5 Å². The molecule has 42 heavy (non-hydrogen) atoms. The minimum absolute atomic E-state index is 0.0923. The lowest BCUT2D eigenvalue weighted by Crippen LogP contribution is -2.45. The highest BCUT2D eigenvalue weighted by molar-refractivity contribution is 7.93. The molecule has 1 amide bonds. The van der Waals surface area contributed by atoms with Gasteiger partial charge in [0.2, 0.25) is 16.0 Å². The quantitative estimate of drug-likeness (QED) is 0.347. The van der Waals surface area contributed by atoms with Crippen LogP contribution in [0.25, 0.3) is 5.69 Å². The fourth-order valence-corrected chi connectivity index (χ4v) is 6.81. The second-order valence-electron chi connectivity index (χ2n) is 11.3. The van der Waals surface area contributed by atoms with Crippen molar-refractivity contribution < 1.29 is 27.8 Å². The van der Waals surface area contributed by atoms with Crippen molar-refractivity contribution in [1.82, 2.24) is 29.6 Å². The summed E-state index contributed by atoms with van der Waals surface area (Å²) in [6, 6.07) is 4.69. The Morgan fingerprint density at radius 2 is 1.71 bits per heavy atom. The number of nitrogens with one attached hydrogen (secondary N) is 1. The van der Waals surface area contributed by atoms with Crippen molar-refractivity contribution in [2.75, 3.05) is 25.5 Å². The Bertz CT molecular complexity index is 1520. The molecule has 0 radical (unpaired) electrons. The van der Waals surface area contributed by atoms with Crippen molar-refractivity contribution >= 4 is 33.7 Å². The van der Waals surface area contributed by atoms with E-state index in [9.17, 15) is 18.3 Å². The number of nitrogens with zero attached hydrogens (tertiary/aromatic N) is 6. The predicted octanol–water partition coefficient (Wildman–Crippen LogP) is 4.54. The standard InChI is InChI=1S/C27H36ClN7O6S/c1-15(23-29-13-17(28)14-30-23)16(2)42(38,39)33-25-32-31-24(18-11-12-34(26(36)37)22(18)27(3,4)5)35(25)21-19(40-6)9-8-10-20(21)41-7/h8-10,13-16,18,22H,11-12H2,1-7H3,(H,32,33)(H,36,37)/t15-,16-,18+,22?/m0/s1. The molecule has 0 saturated carbocycles.